The van der Waals surface area contributed by atoms with Gasteiger partial charge in [-0.1, -0.05) is 47.3 Å². The maximum atomic E-state index is 13.6. The van der Waals surface area contributed by atoms with Gasteiger partial charge in [-0.3, -0.25) is 0 Å². The van der Waals surface area contributed by atoms with Gasteiger partial charge < -0.3 is 9.40 Å². The van der Waals surface area contributed by atoms with Crippen molar-refractivity contribution >= 4 is 39.6 Å². The summed E-state index contributed by atoms with van der Waals surface area (Å²) in [5.74, 6) is 5.64. The first-order valence-corrected chi connectivity index (χ1v) is 24.4. The zero-order chi connectivity index (χ0) is 41.5. The van der Waals surface area contributed by atoms with Crippen molar-refractivity contribution < 1.29 is 37.1 Å². The van der Waals surface area contributed by atoms with E-state index < -0.39 is 32.4 Å². The first-order valence-electron chi connectivity index (χ1n) is 20.1. The fourth-order valence-corrected chi connectivity index (χ4v) is 9.37. The van der Waals surface area contributed by atoms with Gasteiger partial charge in [-0.25, -0.2) is 4.39 Å². The number of hydrogen-bond donors (Lipinski definition) is 0. The number of rotatable bonds is 7. The molecule has 3 nitrogen and oxygen atoms in total. The molecule has 0 bridgehead atoms. The summed E-state index contributed by atoms with van der Waals surface area (Å²) in [6.07, 6.45) is 1.83. The predicted molar refractivity (Wildman–Crippen MR) is 215 cm³/mol. The maximum absolute atomic E-state index is 13.6. The largest absolute Gasteiger partial charge is 0.500 e. The quantitative estimate of drug-likeness (QED) is 0.118. The summed E-state index contributed by atoms with van der Waals surface area (Å²) in [6.45, 7) is -0.218. The molecular formula is C47H41FGeIrN2O-2. The van der Waals surface area contributed by atoms with Crippen molar-refractivity contribution in [2.75, 3.05) is 0 Å². The molecule has 0 aliphatic heterocycles. The molecule has 1 unspecified atom stereocenters. The van der Waals surface area contributed by atoms with E-state index in [1.165, 1.54) is 22.6 Å². The average Bonchev–Trinajstić information content (AvgIpc) is 3.59. The number of aromatic nitrogens is 2. The Bertz CT molecular complexity index is 2720. The van der Waals surface area contributed by atoms with Gasteiger partial charge in [0.25, 0.3) is 0 Å². The number of furan rings is 1. The summed E-state index contributed by atoms with van der Waals surface area (Å²) in [5, 5.41) is 1.65. The molecule has 8 rings (SSSR count). The van der Waals surface area contributed by atoms with Gasteiger partial charge in [-0.05, 0) is 41.4 Å². The number of pyridine rings is 2. The van der Waals surface area contributed by atoms with Crippen molar-refractivity contribution in [1.82, 2.24) is 9.97 Å². The van der Waals surface area contributed by atoms with Crippen LogP contribution < -0.4 is 4.40 Å². The second kappa shape index (κ2) is 16.6. The van der Waals surface area contributed by atoms with Crippen LogP contribution in [-0.2, 0) is 26.5 Å². The standard InChI is InChI=1S/C24H15FNO.C23H26GeN.Ir/c25-18-9-10-19-20-7-4-8-21(24(20)27-23(19)15-18)22-14-17(11-12-26-22)13-16-5-2-1-3-6-16;1-17-11-13-20(14-12-17)23-15-21(22(16-25-23)24(3,4)5)18(2)19-9-7-6-8-10-19;/h1-7,9-12,14-15H,13H2;6-13,15-16,18H,1-5H3;/q2*-1;/i13D2;1D3,18D;. The molecule has 0 N–H and O–H groups in total. The van der Waals surface area contributed by atoms with E-state index in [0.717, 1.165) is 27.5 Å². The second-order valence-corrected chi connectivity index (χ2v) is 24.2. The van der Waals surface area contributed by atoms with Crippen molar-refractivity contribution in [3.05, 3.63) is 186 Å². The van der Waals surface area contributed by atoms with Crippen LogP contribution >= 0.6 is 0 Å². The number of aryl methyl sites for hydroxylation is 1. The number of fused-ring (bicyclic) bond motifs is 3. The van der Waals surface area contributed by atoms with Crippen molar-refractivity contribution in [3.8, 4) is 22.5 Å². The van der Waals surface area contributed by atoms with Gasteiger partial charge in [0.2, 0.25) is 0 Å². The van der Waals surface area contributed by atoms with E-state index in [1.807, 2.05) is 73.8 Å². The Hall–Kier alpha value is -4.68. The summed E-state index contributed by atoms with van der Waals surface area (Å²) in [4.78, 5) is 9.09. The van der Waals surface area contributed by atoms with Crippen molar-refractivity contribution in [3.63, 3.8) is 0 Å². The second-order valence-electron chi connectivity index (χ2n) is 13.6. The molecule has 6 heteroatoms. The molecule has 1 atom stereocenters. The third kappa shape index (κ3) is 8.76. The molecule has 1 radical (unpaired) electrons. The summed E-state index contributed by atoms with van der Waals surface area (Å²) < 4.78 is 69.8. The fraction of sp³-hybridized carbons (Fsp3) is 0.149. The maximum Gasteiger partial charge on any atom is 0.126 e. The average molecular weight is 940 g/mol. The van der Waals surface area contributed by atoms with E-state index in [2.05, 4.69) is 39.4 Å². The predicted octanol–water partition coefficient (Wildman–Crippen LogP) is 11.7. The summed E-state index contributed by atoms with van der Waals surface area (Å²) in [7, 11) is 0. The van der Waals surface area contributed by atoms with Crippen molar-refractivity contribution in [2.24, 2.45) is 0 Å². The topological polar surface area (TPSA) is 38.9 Å². The molecular weight excluding hydrogens is 892 g/mol. The van der Waals surface area contributed by atoms with Gasteiger partial charge in [0.1, 0.15) is 11.4 Å². The number of halogens is 1. The zero-order valence-electron chi connectivity index (χ0n) is 35.8. The molecule has 0 saturated heterocycles. The van der Waals surface area contributed by atoms with Gasteiger partial charge >= 0.3 is 160 Å². The Morgan fingerprint density at radius 2 is 1.60 bits per heavy atom. The molecule has 0 spiro atoms. The number of nitrogens with zero attached hydrogens (tertiary/aromatic N) is 2. The van der Waals surface area contributed by atoms with Gasteiger partial charge in [0.15, 0.2) is 0 Å². The summed E-state index contributed by atoms with van der Waals surface area (Å²) in [6, 6.07) is 43.4. The number of hydrogen-bond acceptors (Lipinski definition) is 3. The summed E-state index contributed by atoms with van der Waals surface area (Å²) >= 11 is -2.30. The first kappa shape index (κ1) is 30.7. The zero-order valence-corrected chi connectivity index (χ0v) is 34.3. The Balaban J connectivity index is 0.000000195. The Morgan fingerprint density at radius 3 is 2.32 bits per heavy atom. The minimum Gasteiger partial charge on any atom is -0.500 e. The minimum absolute atomic E-state index is 0. The molecule has 53 heavy (non-hydrogen) atoms. The first-order chi connectivity index (χ1) is 27.4. The van der Waals surface area contributed by atoms with Crippen LogP contribution in [0.5, 0.6) is 0 Å². The normalized spacial score (nSPS) is 14.6. The number of benzene rings is 5. The van der Waals surface area contributed by atoms with E-state index in [0.29, 0.717) is 39.2 Å². The Kier molecular flexibility index (Phi) is 9.60. The minimum atomic E-state index is -2.30. The molecule has 0 aliphatic rings. The van der Waals surface area contributed by atoms with Crippen LogP contribution in [0.2, 0.25) is 17.3 Å². The van der Waals surface area contributed by atoms with E-state index in [1.54, 1.807) is 54.7 Å². The van der Waals surface area contributed by atoms with E-state index in [9.17, 15) is 5.76 Å². The van der Waals surface area contributed by atoms with Crippen LogP contribution in [0, 0.1) is 24.8 Å². The SMILES string of the molecule is [2H]C([2H])([2H])c1c[c-]c(-c2cc(C([2H])(C)c3ccccc3)[c]([Ge]([CH3])([CH3])[CH3])cn2)cc1.[2H]C([2H])(c1ccccc1)c1ccnc(-c2[c-]ccc3c2oc2cc(F)ccc23)c1.[Ir]. The Labute approximate surface area is 336 Å². The molecule has 0 fully saturated rings. The molecule has 0 aliphatic carbocycles. The molecule has 0 saturated carbocycles. The van der Waals surface area contributed by atoms with Gasteiger partial charge in [0, 0.05) is 40.5 Å². The Morgan fingerprint density at radius 1 is 0.830 bits per heavy atom. The van der Waals surface area contributed by atoms with E-state index in [-0.39, 0.29) is 31.5 Å². The van der Waals surface area contributed by atoms with Gasteiger partial charge in [0.05, 0.1) is 5.58 Å². The molecule has 267 valence electrons. The third-order valence-electron chi connectivity index (χ3n) is 8.89. The smallest absolute Gasteiger partial charge is 0.126 e. The van der Waals surface area contributed by atoms with E-state index >= 15 is 0 Å². The van der Waals surface area contributed by atoms with E-state index in [4.69, 9.17) is 11.3 Å². The molecule has 8 aromatic rings. The monoisotopic (exact) mass is 941 g/mol. The van der Waals surface area contributed by atoms with Crippen LogP contribution in [0.4, 0.5) is 4.39 Å². The molecule has 3 aromatic heterocycles. The molecule has 3 heterocycles. The van der Waals surface area contributed by atoms with Crippen LogP contribution in [0.15, 0.2) is 144 Å². The van der Waals surface area contributed by atoms with Crippen molar-refractivity contribution in [1.29, 1.82) is 0 Å². The van der Waals surface area contributed by atoms with Gasteiger partial charge in [-0.15, -0.1) is 18.2 Å². The fourth-order valence-electron chi connectivity index (χ4n) is 6.18. The van der Waals surface area contributed by atoms with Gasteiger partial charge in [-0.2, -0.15) is 0 Å². The summed E-state index contributed by atoms with van der Waals surface area (Å²) in [5.41, 5.74) is 6.84. The van der Waals surface area contributed by atoms with Crippen molar-refractivity contribution in [2.45, 2.75) is 43.3 Å². The van der Waals surface area contributed by atoms with Crippen LogP contribution in [-0.4, -0.2) is 23.2 Å². The molecule has 5 aromatic carbocycles. The van der Waals surface area contributed by atoms with Crippen LogP contribution in [0.3, 0.4) is 0 Å². The van der Waals surface area contributed by atoms with Crippen LogP contribution in [0.1, 0.15) is 48.9 Å². The molecule has 0 amide bonds. The van der Waals surface area contributed by atoms with Crippen LogP contribution in [0.25, 0.3) is 44.5 Å². The third-order valence-corrected chi connectivity index (χ3v) is 13.1.